The maximum atomic E-state index is 10.7. The topological polar surface area (TPSA) is 29.6 Å². The molecular weight excluding hydrogens is 284 g/mol. The molecule has 1 atom stereocenters. The number of hydrogen-bond acceptors (Lipinski definition) is 1. The van der Waals surface area contributed by atoms with Gasteiger partial charge in [0.2, 0.25) is 0 Å². The molecule has 4 rings (SSSR count). The van der Waals surface area contributed by atoms with Crippen molar-refractivity contribution in [1.82, 2.24) is 4.57 Å². The van der Waals surface area contributed by atoms with Gasteiger partial charge in [0.05, 0.1) is 19.6 Å². The van der Waals surface area contributed by atoms with Gasteiger partial charge in [-0.1, -0.05) is 36.4 Å². The number of rotatable bonds is 4. The Morgan fingerprint density at radius 1 is 0.870 bits per heavy atom. The Kier molecular flexibility index (Phi) is 4.06. The molecule has 0 saturated carbocycles. The highest BCUT2D eigenvalue weighted by Gasteiger charge is 2.19. The fourth-order valence-corrected chi connectivity index (χ4v) is 4.06. The molecule has 1 aromatic heterocycles. The van der Waals surface area contributed by atoms with Gasteiger partial charge in [-0.15, -0.1) is 0 Å². The van der Waals surface area contributed by atoms with Crippen LogP contribution in [0.15, 0.2) is 48.5 Å². The Morgan fingerprint density at radius 2 is 1.43 bits per heavy atom. The van der Waals surface area contributed by atoms with E-state index >= 15 is 0 Å². The first-order valence-corrected chi connectivity index (χ1v) is 8.80. The van der Waals surface area contributed by atoms with Gasteiger partial charge in [0.15, 0.2) is 0 Å². The summed E-state index contributed by atoms with van der Waals surface area (Å²) in [6, 6.07) is 17.0. The predicted octanol–water partition coefficient (Wildman–Crippen LogP) is 2.22. The lowest BCUT2D eigenvalue weighted by Gasteiger charge is -2.26. The average Bonchev–Trinajstić information content (AvgIpc) is 2.90. The van der Waals surface area contributed by atoms with Gasteiger partial charge in [-0.2, -0.15) is 0 Å². The Labute approximate surface area is 137 Å². The number of nitrogens with zero attached hydrogens (tertiary/aromatic N) is 1. The van der Waals surface area contributed by atoms with E-state index < -0.39 is 0 Å². The van der Waals surface area contributed by atoms with Gasteiger partial charge in [-0.3, -0.25) is 0 Å². The van der Waals surface area contributed by atoms with Crippen LogP contribution >= 0.6 is 0 Å². The van der Waals surface area contributed by atoms with Gasteiger partial charge >= 0.3 is 0 Å². The van der Waals surface area contributed by atoms with Crippen molar-refractivity contribution >= 4 is 21.8 Å². The van der Waals surface area contributed by atoms with E-state index in [0.29, 0.717) is 6.54 Å². The zero-order chi connectivity index (χ0) is 15.6. The number of likely N-dealkylation sites (tertiary alicyclic amines) is 1. The second-order valence-corrected chi connectivity index (χ2v) is 6.81. The number of nitrogens with one attached hydrogen (secondary N) is 1. The van der Waals surface area contributed by atoms with Gasteiger partial charge in [0, 0.05) is 21.8 Å². The second kappa shape index (κ2) is 6.34. The summed E-state index contributed by atoms with van der Waals surface area (Å²) < 4.78 is 2.29. The van der Waals surface area contributed by atoms with Crippen molar-refractivity contribution < 1.29 is 10.0 Å². The molecule has 0 unspecified atom stereocenters. The van der Waals surface area contributed by atoms with Crippen LogP contribution in [0, 0.1) is 0 Å². The van der Waals surface area contributed by atoms with Crippen LogP contribution < -0.4 is 4.90 Å². The van der Waals surface area contributed by atoms with Crippen LogP contribution in [-0.2, 0) is 6.54 Å². The van der Waals surface area contributed by atoms with Crippen LogP contribution in [0.3, 0.4) is 0 Å². The molecular formula is C20H25N2O+. The number of aliphatic hydroxyl groups excluding tert-OH is 1. The van der Waals surface area contributed by atoms with E-state index in [-0.39, 0.29) is 6.10 Å². The van der Waals surface area contributed by atoms with E-state index in [1.807, 2.05) is 0 Å². The van der Waals surface area contributed by atoms with Crippen molar-refractivity contribution in [2.24, 2.45) is 0 Å². The summed E-state index contributed by atoms with van der Waals surface area (Å²) >= 11 is 0. The molecule has 0 aliphatic carbocycles. The molecule has 23 heavy (non-hydrogen) atoms. The minimum Gasteiger partial charge on any atom is -0.385 e. The van der Waals surface area contributed by atoms with Crippen LogP contribution in [-0.4, -0.2) is 35.4 Å². The van der Waals surface area contributed by atoms with E-state index in [1.165, 1.54) is 54.2 Å². The van der Waals surface area contributed by atoms with Gasteiger partial charge in [-0.25, -0.2) is 0 Å². The molecule has 1 aliphatic rings. The fourth-order valence-electron chi connectivity index (χ4n) is 4.06. The zero-order valence-electron chi connectivity index (χ0n) is 13.5. The highest BCUT2D eigenvalue weighted by molar-refractivity contribution is 6.07. The Balaban J connectivity index is 1.64. The second-order valence-electron chi connectivity index (χ2n) is 6.81. The summed E-state index contributed by atoms with van der Waals surface area (Å²) in [4.78, 5) is 1.56. The highest BCUT2D eigenvalue weighted by atomic mass is 16.3. The fraction of sp³-hybridized carbons (Fsp3) is 0.400. The maximum Gasteiger partial charge on any atom is 0.121 e. The molecule has 3 aromatic rings. The molecule has 0 spiro atoms. The van der Waals surface area contributed by atoms with E-state index in [1.54, 1.807) is 4.90 Å². The highest BCUT2D eigenvalue weighted by Crippen LogP contribution is 2.28. The van der Waals surface area contributed by atoms with Gasteiger partial charge in [0.1, 0.15) is 12.6 Å². The Morgan fingerprint density at radius 3 is 2.04 bits per heavy atom. The summed E-state index contributed by atoms with van der Waals surface area (Å²) in [6.45, 7) is 3.97. The lowest BCUT2D eigenvalue weighted by Crippen LogP contribution is -3.13. The Bertz CT molecular complexity index is 748. The van der Waals surface area contributed by atoms with Crippen LogP contribution in [0.1, 0.15) is 19.3 Å². The monoisotopic (exact) mass is 309 g/mol. The standard InChI is InChI=1S/C20H24N2O/c23-16(14-21-12-6-1-7-13-21)15-22-19-10-4-2-8-17(19)18-9-3-5-11-20(18)22/h2-5,8-11,16,23H,1,6-7,12-15H2/p+1/t16-/m0/s1. The maximum absolute atomic E-state index is 10.7. The number of benzene rings is 2. The molecule has 2 N–H and O–H groups in total. The lowest BCUT2D eigenvalue weighted by atomic mass is 10.1. The third-order valence-electron chi connectivity index (χ3n) is 5.16. The number of aromatic nitrogens is 1. The number of para-hydroxylation sites is 2. The first kappa shape index (κ1) is 14.7. The molecule has 120 valence electrons. The molecule has 3 heteroatoms. The summed E-state index contributed by atoms with van der Waals surface area (Å²) in [6.07, 6.45) is 3.67. The van der Waals surface area contributed by atoms with Gasteiger partial charge < -0.3 is 14.6 Å². The first-order chi connectivity index (χ1) is 11.3. The normalized spacial score (nSPS) is 17.8. The number of fused-ring (bicyclic) bond motifs is 3. The molecule has 2 heterocycles. The first-order valence-electron chi connectivity index (χ1n) is 8.80. The SMILES string of the molecule is O[C@H](Cn1c2ccccc2c2ccccc21)C[NH+]1CCCCC1. The lowest BCUT2D eigenvalue weighted by molar-refractivity contribution is -0.908. The van der Waals surface area contributed by atoms with Crippen molar-refractivity contribution in [3.05, 3.63) is 48.5 Å². The third-order valence-corrected chi connectivity index (χ3v) is 5.16. The molecule has 3 nitrogen and oxygen atoms in total. The van der Waals surface area contributed by atoms with Crippen LogP contribution in [0.5, 0.6) is 0 Å². The van der Waals surface area contributed by atoms with Crippen LogP contribution in [0.2, 0.25) is 0 Å². The molecule has 0 amide bonds. The quantitative estimate of drug-likeness (QED) is 0.760. The van der Waals surface area contributed by atoms with E-state index in [0.717, 1.165) is 6.54 Å². The van der Waals surface area contributed by atoms with Gasteiger partial charge in [0.25, 0.3) is 0 Å². The molecule has 0 bridgehead atoms. The minimum absolute atomic E-state index is 0.290. The minimum atomic E-state index is -0.290. The van der Waals surface area contributed by atoms with Crippen molar-refractivity contribution in [2.75, 3.05) is 19.6 Å². The summed E-state index contributed by atoms with van der Waals surface area (Å²) in [5, 5.41) is 13.2. The van der Waals surface area contributed by atoms with Crippen molar-refractivity contribution in [2.45, 2.75) is 31.9 Å². The average molecular weight is 309 g/mol. The van der Waals surface area contributed by atoms with Crippen molar-refractivity contribution in [1.29, 1.82) is 0 Å². The predicted molar refractivity (Wildman–Crippen MR) is 94.9 cm³/mol. The molecule has 1 saturated heterocycles. The molecule has 0 radical (unpaired) electrons. The number of quaternary nitrogens is 1. The van der Waals surface area contributed by atoms with E-state index in [9.17, 15) is 5.11 Å². The summed E-state index contributed by atoms with van der Waals surface area (Å²) in [5.41, 5.74) is 2.45. The summed E-state index contributed by atoms with van der Waals surface area (Å²) in [5.74, 6) is 0. The van der Waals surface area contributed by atoms with Crippen molar-refractivity contribution in [3.63, 3.8) is 0 Å². The van der Waals surface area contributed by atoms with Crippen molar-refractivity contribution in [3.8, 4) is 0 Å². The van der Waals surface area contributed by atoms with Crippen LogP contribution in [0.25, 0.3) is 21.8 Å². The van der Waals surface area contributed by atoms with Gasteiger partial charge in [-0.05, 0) is 31.4 Å². The number of aliphatic hydroxyl groups is 1. The smallest absolute Gasteiger partial charge is 0.121 e. The molecule has 2 aromatic carbocycles. The number of piperidine rings is 1. The Hall–Kier alpha value is -1.84. The largest absolute Gasteiger partial charge is 0.385 e. The van der Waals surface area contributed by atoms with E-state index in [2.05, 4.69) is 53.1 Å². The zero-order valence-corrected chi connectivity index (χ0v) is 13.5. The number of hydrogen-bond donors (Lipinski definition) is 2. The molecule has 1 aliphatic heterocycles. The third kappa shape index (κ3) is 2.87. The van der Waals surface area contributed by atoms with E-state index in [4.69, 9.17) is 0 Å². The summed E-state index contributed by atoms with van der Waals surface area (Å²) in [7, 11) is 0. The molecule has 1 fully saturated rings. The van der Waals surface area contributed by atoms with Crippen LogP contribution in [0.4, 0.5) is 0 Å².